The van der Waals surface area contributed by atoms with Crippen molar-refractivity contribution in [3.8, 4) is 0 Å². The highest BCUT2D eigenvalue weighted by molar-refractivity contribution is 5.07. The molecule has 21 heavy (non-hydrogen) atoms. The van der Waals surface area contributed by atoms with Crippen molar-refractivity contribution in [2.75, 3.05) is 0 Å². The minimum Gasteiger partial charge on any atom is -0.155 e. The third kappa shape index (κ3) is 5.76. The molecule has 2 heteroatoms. The van der Waals surface area contributed by atoms with E-state index in [9.17, 15) is 0 Å². The van der Waals surface area contributed by atoms with E-state index in [1.54, 1.807) is 0 Å². The average Bonchev–Trinajstić information content (AvgIpc) is 2.53. The summed E-state index contributed by atoms with van der Waals surface area (Å²) in [5.41, 5.74) is 2.32. The Kier molecular flexibility index (Phi) is 7.18. The lowest BCUT2D eigenvalue weighted by Crippen LogP contribution is -2.15. The van der Waals surface area contributed by atoms with Crippen LogP contribution in [0, 0.1) is 11.8 Å². The van der Waals surface area contributed by atoms with Gasteiger partial charge in [0, 0.05) is 0 Å². The van der Waals surface area contributed by atoms with Crippen molar-refractivity contribution in [3.63, 3.8) is 0 Å². The Labute approximate surface area is 130 Å². The van der Waals surface area contributed by atoms with Crippen LogP contribution in [0.2, 0.25) is 0 Å². The Morgan fingerprint density at radius 3 is 1.90 bits per heavy atom. The smallest absolute Gasteiger partial charge is 0.0631 e. The fraction of sp³-hybridized carbons (Fsp3) is 0.789. The first-order valence-electron chi connectivity index (χ1n) is 9.13. The van der Waals surface area contributed by atoms with Gasteiger partial charge in [-0.15, -0.1) is 0 Å². The standard InChI is InChI=1S/C19H32N2/c1-3-5-7-16-8-10-17(11-9-16)12-13-19-15-14-18(6-4-2)20-21-19/h14-17H,3-13H2,1-2H3/t16-,17-. The van der Waals surface area contributed by atoms with E-state index >= 15 is 0 Å². The minimum atomic E-state index is 0.931. The monoisotopic (exact) mass is 288 g/mol. The van der Waals surface area contributed by atoms with Crippen LogP contribution in [0.4, 0.5) is 0 Å². The zero-order valence-corrected chi connectivity index (χ0v) is 14.0. The number of hydrogen-bond acceptors (Lipinski definition) is 2. The Morgan fingerprint density at radius 2 is 1.38 bits per heavy atom. The van der Waals surface area contributed by atoms with Crippen LogP contribution in [0.5, 0.6) is 0 Å². The van der Waals surface area contributed by atoms with Crippen molar-refractivity contribution in [2.45, 2.75) is 84.5 Å². The highest BCUT2D eigenvalue weighted by Gasteiger charge is 2.20. The van der Waals surface area contributed by atoms with Gasteiger partial charge in [-0.25, -0.2) is 0 Å². The van der Waals surface area contributed by atoms with Gasteiger partial charge < -0.3 is 0 Å². The van der Waals surface area contributed by atoms with Gasteiger partial charge in [-0.3, -0.25) is 0 Å². The molecule has 0 radical (unpaired) electrons. The van der Waals surface area contributed by atoms with Gasteiger partial charge in [0.05, 0.1) is 11.4 Å². The molecule has 0 aliphatic heterocycles. The zero-order valence-electron chi connectivity index (χ0n) is 14.0. The third-order valence-corrected chi connectivity index (χ3v) is 5.02. The van der Waals surface area contributed by atoms with Crippen molar-refractivity contribution in [1.29, 1.82) is 0 Å². The molecule has 1 saturated carbocycles. The zero-order chi connectivity index (χ0) is 14.9. The van der Waals surface area contributed by atoms with Crippen LogP contribution in [0.15, 0.2) is 12.1 Å². The van der Waals surface area contributed by atoms with Crippen molar-refractivity contribution in [2.24, 2.45) is 11.8 Å². The lowest BCUT2D eigenvalue weighted by molar-refractivity contribution is 0.249. The van der Waals surface area contributed by atoms with Gasteiger partial charge in [0.1, 0.15) is 0 Å². The lowest BCUT2D eigenvalue weighted by atomic mass is 9.78. The maximum Gasteiger partial charge on any atom is 0.0631 e. The highest BCUT2D eigenvalue weighted by Crippen LogP contribution is 2.33. The van der Waals surface area contributed by atoms with Crippen LogP contribution in [-0.2, 0) is 12.8 Å². The summed E-state index contributed by atoms with van der Waals surface area (Å²) < 4.78 is 0. The molecule has 0 amide bonds. The van der Waals surface area contributed by atoms with Crippen LogP contribution in [0.1, 0.15) is 83.0 Å². The summed E-state index contributed by atoms with van der Waals surface area (Å²) >= 11 is 0. The van der Waals surface area contributed by atoms with Gasteiger partial charge in [0.2, 0.25) is 0 Å². The quantitative estimate of drug-likeness (QED) is 0.643. The number of aromatic nitrogens is 2. The molecule has 1 aliphatic rings. The molecule has 0 saturated heterocycles. The minimum absolute atomic E-state index is 0.931. The van der Waals surface area contributed by atoms with Gasteiger partial charge in [-0.05, 0) is 43.2 Å². The summed E-state index contributed by atoms with van der Waals surface area (Å²) in [7, 11) is 0. The highest BCUT2D eigenvalue weighted by atomic mass is 15.1. The molecule has 0 bridgehead atoms. The molecule has 1 fully saturated rings. The van der Waals surface area contributed by atoms with Crippen LogP contribution in [-0.4, -0.2) is 10.2 Å². The molecule has 118 valence electrons. The Hall–Kier alpha value is -0.920. The van der Waals surface area contributed by atoms with Crippen molar-refractivity contribution >= 4 is 0 Å². The maximum absolute atomic E-state index is 4.39. The first-order chi connectivity index (χ1) is 10.3. The van der Waals surface area contributed by atoms with E-state index < -0.39 is 0 Å². The first kappa shape index (κ1) is 16.5. The van der Waals surface area contributed by atoms with Crippen molar-refractivity contribution in [1.82, 2.24) is 10.2 Å². The first-order valence-corrected chi connectivity index (χ1v) is 9.13. The second-order valence-electron chi connectivity index (χ2n) is 6.83. The predicted octanol–water partition coefficient (Wildman–Crippen LogP) is 5.36. The molecule has 2 rings (SSSR count). The normalized spacial score (nSPS) is 22.4. The topological polar surface area (TPSA) is 25.8 Å². The van der Waals surface area contributed by atoms with E-state index in [4.69, 9.17) is 0 Å². The van der Waals surface area contributed by atoms with E-state index in [1.165, 1.54) is 57.1 Å². The number of rotatable bonds is 8. The number of nitrogens with zero attached hydrogens (tertiary/aromatic N) is 2. The van der Waals surface area contributed by atoms with Crippen LogP contribution in [0.3, 0.4) is 0 Å². The largest absolute Gasteiger partial charge is 0.155 e. The third-order valence-electron chi connectivity index (χ3n) is 5.02. The molecular weight excluding hydrogens is 256 g/mol. The van der Waals surface area contributed by atoms with E-state index in [2.05, 4.69) is 36.2 Å². The second kappa shape index (κ2) is 9.17. The molecule has 0 aromatic carbocycles. The molecule has 1 aromatic rings. The Balaban J connectivity index is 1.67. The van der Waals surface area contributed by atoms with E-state index in [-0.39, 0.29) is 0 Å². The number of aryl methyl sites for hydroxylation is 2. The summed E-state index contributed by atoms with van der Waals surface area (Å²) in [5.74, 6) is 1.95. The molecule has 0 unspecified atom stereocenters. The van der Waals surface area contributed by atoms with E-state index in [1.807, 2.05) is 0 Å². The molecule has 1 heterocycles. The molecule has 1 aliphatic carbocycles. The summed E-state index contributed by atoms with van der Waals surface area (Å²) in [5, 5.41) is 8.72. The molecule has 0 N–H and O–H groups in total. The van der Waals surface area contributed by atoms with E-state index in [0.717, 1.165) is 36.8 Å². The molecular formula is C19H32N2. The van der Waals surface area contributed by atoms with Crippen molar-refractivity contribution < 1.29 is 0 Å². The van der Waals surface area contributed by atoms with Crippen LogP contribution in [0.25, 0.3) is 0 Å². The van der Waals surface area contributed by atoms with Crippen molar-refractivity contribution in [3.05, 3.63) is 23.5 Å². The maximum atomic E-state index is 4.39. The fourth-order valence-electron chi connectivity index (χ4n) is 3.56. The fourth-order valence-corrected chi connectivity index (χ4v) is 3.56. The summed E-state index contributed by atoms with van der Waals surface area (Å²) in [6.07, 6.45) is 14.7. The number of hydrogen-bond donors (Lipinski definition) is 0. The molecule has 0 atom stereocenters. The molecule has 2 nitrogen and oxygen atoms in total. The molecule has 1 aromatic heterocycles. The van der Waals surface area contributed by atoms with Gasteiger partial charge in [0.25, 0.3) is 0 Å². The van der Waals surface area contributed by atoms with Gasteiger partial charge >= 0.3 is 0 Å². The Morgan fingerprint density at radius 1 is 0.810 bits per heavy atom. The van der Waals surface area contributed by atoms with Crippen LogP contribution < -0.4 is 0 Å². The average molecular weight is 288 g/mol. The molecule has 0 spiro atoms. The second-order valence-corrected chi connectivity index (χ2v) is 6.83. The summed E-state index contributed by atoms with van der Waals surface area (Å²) in [6.45, 7) is 4.49. The summed E-state index contributed by atoms with van der Waals surface area (Å²) in [6, 6.07) is 4.35. The SMILES string of the molecule is CCCC[C@H]1CC[C@H](CCc2ccc(CCC)nn2)CC1. The lowest BCUT2D eigenvalue weighted by Gasteiger charge is -2.28. The summed E-state index contributed by atoms with van der Waals surface area (Å²) in [4.78, 5) is 0. The number of unbranched alkanes of at least 4 members (excludes halogenated alkanes) is 1. The Bertz CT molecular complexity index is 377. The van der Waals surface area contributed by atoms with E-state index in [0.29, 0.717) is 0 Å². The predicted molar refractivity (Wildman–Crippen MR) is 89.3 cm³/mol. The van der Waals surface area contributed by atoms with Gasteiger partial charge in [-0.2, -0.15) is 10.2 Å². The van der Waals surface area contributed by atoms with Crippen LogP contribution >= 0.6 is 0 Å². The van der Waals surface area contributed by atoms with Gasteiger partial charge in [0.15, 0.2) is 0 Å². The van der Waals surface area contributed by atoms with Gasteiger partial charge in [-0.1, -0.05) is 65.2 Å².